The summed E-state index contributed by atoms with van der Waals surface area (Å²) in [5.74, 6) is 7.27. The minimum Gasteiger partial charge on any atom is -0.288 e. The monoisotopic (exact) mass is 445 g/mol. The third-order valence-corrected chi connectivity index (χ3v) is 27.2. The summed E-state index contributed by atoms with van der Waals surface area (Å²) in [6.07, 6.45) is 0. The Kier molecular flexibility index (Phi) is 7.74. The van der Waals surface area contributed by atoms with Gasteiger partial charge in [-0.25, -0.2) is 0 Å². The van der Waals surface area contributed by atoms with Crippen molar-refractivity contribution < 1.29 is 0 Å². The first-order valence-corrected chi connectivity index (χ1v) is 16.8. The molecule has 0 unspecified atom stereocenters. The van der Waals surface area contributed by atoms with Gasteiger partial charge in [0.05, 0.1) is 0 Å². The Bertz CT molecular complexity index is 327. The molecule has 3 rings (SSSR count). The lowest BCUT2D eigenvalue weighted by Crippen LogP contribution is -2.60. The maximum Gasteiger partial charge on any atom is 0.129 e. The molecule has 0 N–H and O–H groups in total. The molecule has 3 fully saturated rings. The maximum absolute atomic E-state index is 2.73. The lowest BCUT2D eigenvalue weighted by molar-refractivity contribution is 0.462. The van der Waals surface area contributed by atoms with Gasteiger partial charge in [-0.05, 0) is 21.1 Å². The van der Waals surface area contributed by atoms with E-state index < -0.39 is 8.07 Å². The number of hydrogen-bond donors (Lipinski definition) is 0. The van der Waals surface area contributed by atoms with Gasteiger partial charge in [0, 0.05) is 47.9 Å². The molecule has 0 saturated carbocycles. The van der Waals surface area contributed by atoms with Crippen molar-refractivity contribution in [2.24, 2.45) is 0 Å². The molecule has 0 aromatic carbocycles. The Hall–Kier alpha value is 2.20. The molecule has 0 spiro atoms. The van der Waals surface area contributed by atoms with Gasteiger partial charge in [0.15, 0.2) is 0 Å². The van der Waals surface area contributed by atoms with Crippen molar-refractivity contribution >= 4 is 78.6 Å². The molecule has 10 heteroatoms. The van der Waals surface area contributed by atoms with Crippen molar-refractivity contribution in [3.05, 3.63) is 0 Å². The van der Waals surface area contributed by atoms with E-state index in [1.165, 1.54) is 35.3 Å². The van der Waals surface area contributed by atoms with Crippen LogP contribution in [0.4, 0.5) is 0 Å². The summed E-state index contributed by atoms with van der Waals surface area (Å²) in [6.45, 7) is 2.73. The first-order valence-electron chi connectivity index (χ1n) is 7.75. The van der Waals surface area contributed by atoms with Crippen molar-refractivity contribution in [3.8, 4) is 0 Å². The van der Waals surface area contributed by atoms with E-state index in [9.17, 15) is 0 Å². The van der Waals surface area contributed by atoms with Crippen LogP contribution >= 0.6 is 70.6 Å². The molecule has 23 heavy (non-hydrogen) atoms. The van der Waals surface area contributed by atoms with Gasteiger partial charge in [-0.3, -0.25) is 14.7 Å². The SMILES string of the molecule is CN1CSC([Si](C)(C2SCN(C)CS2)C2SCN(C)CS2)SC1. The van der Waals surface area contributed by atoms with E-state index in [4.69, 9.17) is 0 Å². The Morgan fingerprint density at radius 3 is 1.00 bits per heavy atom. The van der Waals surface area contributed by atoms with E-state index in [1.807, 2.05) is 0 Å². The quantitative estimate of drug-likeness (QED) is 0.597. The van der Waals surface area contributed by atoms with Crippen LogP contribution in [0, 0.1) is 0 Å². The summed E-state index contributed by atoms with van der Waals surface area (Å²) >= 11 is 13.4. The Balaban J connectivity index is 1.77. The van der Waals surface area contributed by atoms with Gasteiger partial charge in [-0.2, -0.15) is 0 Å². The first kappa shape index (κ1) is 19.9. The molecule has 0 bridgehead atoms. The molecule has 134 valence electrons. The second kappa shape index (κ2) is 8.92. The summed E-state index contributed by atoms with van der Waals surface area (Å²) in [5.41, 5.74) is 0. The molecule has 0 aromatic rings. The van der Waals surface area contributed by atoms with E-state index in [-0.39, 0.29) is 0 Å². The van der Waals surface area contributed by atoms with E-state index in [2.05, 4.69) is 113 Å². The van der Waals surface area contributed by atoms with E-state index in [0.717, 1.165) is 12.6 Å². The van der Waals surface area contributed by atoms with Gasteiger partial charge < -0.3 is 0 Å². The molecule has 3 heterocycles. The minimum atomic E-state index is -1.44. The summed E-state index contributed by atoms with van der Waals surface area (Å²) in [6, 6.07) is 0. The number of hydrogen-bond acceptors (Lipinski definition) is 9. The first-order chi connectivity index (χ1) is 11.0. The Morgan fingerprint density at radius 2 is 0.783 bits per heavy atom. The zero-order valence-corrected chi connectivity index (χ0v) is 20.2. The molecule has 3 nitrogen and oxygen atoms in total. The van der Waals surface area contributed by atoms with Crippen LogP contribution in [0.2, 0.25) is 6.55 Å². The van der Waals surface area contributed by atoms with Crippen molar-refractivity contribution in [2.45, 2.75) is 19.2 Å². The van der Waals surface area contributed by atoms with Crippen LogP contribution in [0.3, 0.4) is 0 Å². The average molecular weight is 446 g/mol. The van der Waals surface area contributed by atoms with Crippen LogP contribution in [-0.2, 0) is 0 Å². The molecule has 0 aliphatic carbocycles. The second-order valence-corrected chi connectivity index (χ2v) is 21.0. The van der Waals surface area contributed by atoms with Crippen LogP contribution < -0.4 is 0 Å². The molecule has 3 aliphatic rings. The van der Waals surface area contributed by atoms with E-state index >= 15 is 0 Å². The lowest BCUT2D eigenvalue weighted by Gasteiger charge is -2.50. The average Bonchev–Trinajstić information content (AvgIpc) is 2.56. The molecule has 0 atom stereocenters. The fourth-order valence-corrected chi connectivity index (χ4v) is 26.9. The minimum absolute atomic E-state index is 0.848. The molecule has 3 aliphatic heterocycles. The van der Waals surface area contributed by atoms with Gasteiger partial charge in [-0.15, -0.1) is 70.6 Å². The molecule has 0 radical (unpaired) electrons. The predicted octanol–water partition coefficient (Wildman–Crippen LogP) is 3.64. The van der Waals surface area contributed by atoms with Gasteiger partial charge in [0.25, 0.3) is 0 Å². The normalized spacial score (nSPS) is 29.2. The highest BCUT2D eigenvalue weighted by atomic mass is 32.2. The van der Waals surface area contributed by atoms with Crippen LogP contribution in [-0.4, -0.2) is 91.8 Å². The van der Waals surface area contributed by atoms with Gasteiger partial charge >= 0.3 is 0 Å². The van der Waals surface area contributed by atoms with Crippen LogP contribution in [0.15, 0.2) is 0 Å². The Labute approximate surface area is 168 Å². The number of rotatable bonds is 3. The number of nitrogens with zero attached hydrogens (tertiary/aromatic N) is 3. The van der Waals surface area contributed by atoms with Gasteiger partial charge in [-0.1, -0.05) is 6.55 Å². The molecular weight excluding hydrogens is 419 g/mol. The second-order valence-electron chi connectivity index (χ2n) is 6.70. The van der Waals surface area contributed by atoms with Gasteiger partial charge in [0.1, 0.15) is 8.07 Å². The van der Waals surface area contributed by atoms with E-state index in [1.54, 1.807) is 0 Å². The highest BCUT2D eigenvalue weighted by Gasteiger charge is 2.53. The Morgan fingerprint density at radius 1 is 0.565 bits per heavy atom. The third-order valence-electron chi connectivity index (χ3n) is 4.20. The zero-order valence-electron chi connectivity index (χ0n) is 14.3. The van der Waals surface area contributed by atoms with Crippen molar-refractivity contribution in [1.82, 2.24) is 14.7 Å². The predicted molar refractivity (Wildman–Crippen MR) is 121 cm³/mol. The lowest BCUT2D eigenvalue weighted by atomic mass is 11.0. The molecular formula is C13H27N3S6Si. The summed E-state index contributed by atoms with van der Waals surface area (Å²) in [5, 5.41) is 0. The fraction of sp³-hybridized carbons (Fsp3) is 1.00. The molecule has 0 aromatic heterocycles. The summed E-state index contributed by atoms with van der Waals surface area (Å²) in [7, 11) is 5.33. The molecule has 0 amide bonds. The maximum atomic E-state index is 2.73. The van der Waals surface area contributed by atoms with Crippen molar-refractivity contribution in [1.29, 1.82) is 0 Å². The van der Waals surface area contributed by atoms with E-state index in [0.29, 0.717) is 0 Å². The smallest absolute Gasteiger partial charge is 0.129 e. The van der Waals surface area contributed by atoms with Crippen LogP contribution in [0.1, 0.15) is 0 Å². The van der Waals surface area contributed by atoms with Crippen LogP contribution in [0.5, 0.6) is 0 Å². The van der Waals surface area contributed by atoms with Gasteiger partial charge in [0.2, 0.25) is 0 Å². The summed E-state index contributed by atoms with van der Waals surface area (Å²) in [4.78, 5) is 7.39. The molecule has 3 saturated heterocycles. The van der Waals surface area contributed by atoms with Crippen molar-refractivity contribution in [2.75, 3.05) is 56.4 Å². The topological polar surface area (TPSA) is 9.72 Å². The summed E-state index contributed by atoms with van der Waals surface area (Å²) < 4.78 is 2.54. The largest absolute Gasteiger partial charge is 0.288 e. The third kappa shape index (κ3) is 4.73. The standard InChI is InChI=1S/C13H27N3S6Si/c1-14-5-17-11(18-6-14)23(4,12-19-7-15(2)8-20-12)13-21-9-16(3)10-22-13/h11-13H,5-10H2,1-4H3. The van der Waals surface area contributed by atoms with Crippen LogP contribution in [0.25, 0.3) is 0 Å². The zero-order chi connectivity index (χ0) is 16.4. The highest BCUT2D eigenvalue weighted by molar-refractivity contribution is 8.27. The highest BCUT2D eigenvalue weighted by Crippen LogP contribution is 2.53. The van der Waals surface area contributed by atoms with Crippen molar-refractivity contribution in [3.63, 3.8) is 0 Å². The number of thioether (sulfide) groups is 6. The fourth-order valence-electron chi connectivity index (χ4n) is 2.84.